The van der Waals surface area contributed by atoms with Gasteiger partial charge in [-0.1, -0.05) is 22.0 Å². The fourth-order valence-corrected chi connectivity index (χ4v) is 2.79. The Morgan fingerprint density at radius 1 is 1.23 bits per heavy atom. The number of nitriles is 1. The van der Waals surface area contributed by atoms with Gasteiger partial charge in [0.25, 0.3) is 0 Å². The Hall–Kier alpha value is -3.11. The predicted molar refractivity (Wildman–Crippen MR) is 99.2 cm³/mol. The molecule has 0 aliphatic heterocycles. The lowest BCUT2D eigenvalue weighted by atomic mass is 10.1. The number of ether oxygens (including phenoxy) is 1. The molecule has 0 spiro atoms. The highest BCUT2D eigenvalue weighted by molar-refractivity contribution is 9.10. The molecular formula is C19H13BrN2O4. The summed E-state index contributed by atoms with van der Waals surface area (Å²) in [4.78, 5) is 24.9. The molecule has 0 unspecified atom stereocenters. The van der Waals surface area contributed by atoms with E-state index in [1.54, 1.807) is 48.5 Å². The molecule has 0 atom stereocenters. The van der Waals surface area contributed by atoms with E-state index >= 15 is 0 Å². The Morgan fingerprint density at radius 3 is 2.62 bits per heavy atom. The molecule has 1 aromatic heterocycles. The fourth-order valence-electron chi connectivity index (χ4n) is 2.53. The highest BCUT2D eigenvalue weighted by Crippen LogP contribution is 2.37. The third-order valence-corrected chi connectivity index (χ3v) is 4.24. The number of anilines is 1. The number of ketones is 1. The van der Waals surface area contributed by atoms with Crippen molar-refractivity contribution in [3.63, 3.8) is 0 Å². The maximum atomic E-state index is 12.9. The van der Waals surface area contributed by atoms with Gasteiger partial charge in [-0.05, 0) is 36.4 Å². The second-order valence-electron chi connectivity index (χ2n) is 5.36. The van der Waals surface area contributed by atoms with Crippen molar-refractivity contribution in [3.8, 4) is 11.8 Å². The summed E-state index contributed by atoms with van der Waals surface area (Å²) in [5.41, 5.74) is 0.983. The average Bonchev–Trinajstić information content (AvgIpc) is 3.00. The van der Waals surface area contributed by atoms with Crippen LogP contribution < -0.4 is 10.1 Å². The zero-order valence-corrected chi connectivity index (χ0v) is 15.3. The lowest BCUT2D eigenvalue weighted by Crippen LogP contribution is -2.13. The van der Waals surface area contributed by atoms with Crippen molar-refractivity contribution in [3.05, 3.63) is 58.3 Å². The Labute approximate surface area is 157 Å². The standard InChI is InChI=1S/C19H13BrN2O4/c1-25-14-4-2-3-13-16(22-15(23)9-10-21)19(26-18(13)14)17(24)11-5-7-12(20)8-6-11/h2-8H,9H2,1H3,(H,22,23). The molecule has 0 bridgehead atoms. The molecule has 0 saturated carbocycles. The van der Waals surface area contributed by atoms with Crippen molar-refractivity contribution in [1.29, 1.82) is 5.26 Å². The molecule has 0 aliphatic rings. The van der Waals surface area contributed by atoms with E-state index in [9.17, 15) is 9.59 Å². The first-order valence-electron chi connectivity index (χ1n) is 7.61. The van der Waals surface area contributed by atoms with Gasteiger partial charge in [0.05, 0.1) is 18.9 Å². The summed E-state index contributed by atoms with van der Waals surface area (Å²) in [7, 11) is 1.49. The highest BCUT2D eigenvalue weighted by atomic mass is 79.9. The molecule has 3 rings (SSSR count). The van der Waals surface area contributed by atoms with Crippen LogP contribution in [-0.2, 0) is 4.79 Å². The summed E-state index contributed by atoms with van der Waals surface area (Å²) in [6.45, 7) is 0. The van der Waals surface area contributed by atoms with Crippen molar-refractivity contribution in [2.45, 2.75) is 6.42 Å². The normalized spacial score (nSPS) is 10.3. The van der Waals surface area contributed by atoms with Gasteiger partial charge in [0.2, 0.25) is 11.7 Å². The van der Waals surface area contributed by atoms with Gasteiger partial charge < -0.3 is 14.5 Å². The molecule has 1 heterocycles. The molecule has 3 aromatic rings. The average molecular weight is 413 g/mol. The number of fused-ring (bicyclic) bond motifs is 1. The zero-order chi connectivity index (χ0) is 18.7. The maximum absolute atomic E-state index is 12.9. The first-order valence-corrected chi connectivity index (χ1v) is 8.41. The van der Waals surface area contributed by atoms with E-state index < -0.39 is 5.91 Å². The minimum absolute atomic E-state index is 0.0156. The van der Waals surface area contributed by atoms with Crippen LogP contribution in [-0.4, -0.2) is 18.8 Å². The van der Waals surface area contributed by atoms with E-state index in [4.69, 9.17) is 14.4 Å². The van der Waals surface area contributed by atoms with Crippen molar-refractivity contribution in [2.75, 3.05) is 12.4 Å². The smallest absolute Gasteiger partial charge is 0.238 e. The van der Waals surface area contributed by atoms with Crippen LogP contribution >= 0.6 is 15.9 Å². The number of amides is 1. The molecule has 0 fully saturated rings. The van der Waals surface area contributed by atoms with Gasteiger partial charge in [0.15, 0.2) is 17.1 Å². The quantitative estimate of drug-likeness (QED) is 0.630. The van der Waals surface area contributed by atoms with Gasteiger partial charge in [0.1, 0.15) is 6.42 Å². The maximum Gasteiger partial charge on any atom is 0.238 e. The van der Waals surface area contributed by atoms with Crippen LogP contribution in [0.4, 0.5) is 5.69 Å². The molecule has 2 aromatic carbocycles. The van der Waals surface area contributed by atoms with Gasteiger partial charge in [-0.2, -0.15) is 5.26 Å². The number of carbonyl (C=O) groups excluding carboxylic acids is 2. The van der Waals surface area contributed by atoms with Gasteiger partial charge in [0, 0.05) is 15.4 Å². The minimum atomic E-state index is -0.525. The van der Waals surface area contributed by atoms with Crippen LogP contribution in [0.3, 0.4) is 0 Å². The number of para-hydroxylation sites is 1. The highest BCUT2D eigenvalue weighted by Gasteiger charge is 2.25. The van der Waals surface area contributed by atoms with Crippen LogP contribution in [0.25, 0.3) is 11.0 Å². The number of hydrogen-bond donors (Lipinski definition) is 1. The first-order chi connectivity index (χ1) is 12.5. The second kappa shape index (κ2) is 7.42. The number of furan rings is 1. The molecular weight excluding hydrogens is 400 g/mol. The van der Waals surface area contributed by atoms with E-state index in [0.717, 1.165) is 4.47 Å². The van der Waals surface area contributed by atoms with E-state index in [1.165, 1.54) is 7.11 Å². The summed E-state index contributed by atoms with van der Waals surface area (Å²) < 4.78 is 11.9. The number of halogens is 1. The second-order valence-corrected chi connectivity index (χ2v) is 6.28. The lowest BCUT2D eigenvalue weighted by Gasteiger charge is -2.04. The van der Waals surface area contributed by atoms with Gasteiger partial charge in [-0.25, -0.2) is 0 Å². The van der Waals surface area contributed by atoms with Crippen molar-refractivity contribution >= 4 is 44.3 Å². The van der Waals surface area contributed by atoms with Crippen LogP contribution in [0, 0.1) is 11.3 Å². The predicted octanol–water partition coefficient (Wildman–Crippen LogP) is 4.29. The molecule has 7 heteroatoms. The Balaban J connectivity index is 2.16. The summed E-state index contributed by atoms with van der Waals surface area (Å²) >= 11 is 3.32. The van der Waals surface area contributed by atoms with Crippen LogP contribution in [0.2, 0.25) is 0 Å². The Morgan fingerprint density at radius 2 is 1.96 bits per heavy atom. The number of rotatable bonds is 5. The number of carbonyl (C=O) groups is 2. The molecule has 1 N–H and O–H groups in total. The number of nitrogens with one attached hydrogen (secondary N) is 1. The number of benzene rings is 2. The molecule has 0 radical (unpaired) electrons. The van der Waals surface area contributed by atoms with Gasteiger partial charge >= 0.3 is 0 Å². The minimum Gasteiger partial charge on any atom is -0.493 e. The van der Waals surface area contributed by atoms with Gasteiger partial charge in [-0.3, -0.25) is 9.59 Å². The molecule has 6 nitrogen and oxygen atoms in total. The van der Waals surface area contributed by atoms with Crippen molar-refractivity contribution < 1.29 is 18.7 Å². The van der Waals surface area contributed by atoms with Crippen molar-refractivity contribution in [2.24, 2.45) is 0 Å². The number of nitrogens with zero attached hydrogens (tertiary/aromatic N) is 1. The van der Waals surface area contributed by atoms with Crippen molar-refractivity contribution in [1.82, 2.24) is 0 Å². The first kappa shape index (κ1) is 17.7. The monoisotopic (exact) mass is 412 g/mol. The molecule has 0 saturated heterocycles. The van der Waals surface area contributed by atoms with E-state index in [2.05, 4.69) is 21.2 Å². The lowest BCUT2D eigenvalue weighted by molar-refractivity contribution is -0.115. The largest absolute Gasteiger partial charge is 0.493 e. The molecule has 26 heavy (non-hydrogen) atoms. The van der Waals surface area contributed by atoms with E-state index in [-0.39, 0.29) is 23.7 Å². The zero-order valence-electron chi connectivity index (χ0n) is 13.7. The molecule has 130 valence electrons. The summed E-state index contributed by atoms with van der Waals surface area (Å²) in [6, 6.07) is 13.7. The van der Waals surface area contributed by atoms with Crippen LogP contribution in [0.15, 0.2) is 51.4 Å². The molecule has 0 aliphatic carbocycles. The SMILES string of the molecule is COc1cccc2c(NC(=O)CC#N)c(C(=O)c3ccc(Br)cc3)oc12. The summed E-state index contributed by atoms with van der Waals surface area (Å²) in [5, 5.41) is 11.8. The summed E-state index contributed by atoms with van der Waals surface area (Å²) in [6.07, 6.45) is -0.331. The molecule has 1 amide bonds. The number of methoxy groups -OCH3 is 1. The van der Waals surface area contributed by atoms with Crippen LogP contribution in [0.1, 0.15) is 22.5 Å². The van der Waals surface area contributed by atoms with E-state index in [0.29, 0.717) is 22.3 Å². The summed E-state index contributed by atoms with van der Waals surface area (Å²) in [5.74, 6) is -0.489. The Bertz CT molecular complexity index is 1030. The third kappa shape index (κ3) is 3.32. The van der Waals surface area contributed by atoms with E-state index in [1.807, 2.05) is 0 Å². The van der Waals surface area contributed by atoms with Crippen LogP contribution in [0.5, 0.6) is 5.75 Å². The third-order valence-electron chi connectivity index (χ3n) is 3.72. The van der Waals surface area contributed by atoms with Gasteiger partial charge in [-0.15, -0.1) is 0 Å². The fraction of sp³-hybridized carbons (Fsp3) is 0.105. The Kier molecular flexibility index (Phi) is 5.05. The topological polar surface area (TPSA) is 92.3 Å². The number of hydrogen-bond acceptors (Lipinski definition) is 5.